The number of carbonyl (C=O) groups excluding carboxylic acids is 2. The van der Waals surface area contributed by atoms with E-state index in [-0.39, 0.29) is 46.5 Å². The molecule has 0 unspecified atom stereocenters. The van der Waals surface area contributed by atoms with E-state index in [1.54, 1.807) is 78.9 Å². The smallest absolute Gasteiger partial charge is 0.352 e. The maximum Gasteiger partial charge on any atom is 0.352 e. The zero-order valence-electron chi connectivity index (χ0n) is 29.2. The van der Waals surface area contributed by atoms with Gasteiger partial charge < -0.3 is 19.3 Å². The van der Waals surface area contributed by atoms with E-state index in [2.05, 4.69) is 5.43 Å². The average molecular weight is 771 g/mol. The van der Waals surface area contributed by atoms with Crippen LogP contribution in [0.2, 0.25) is 10.0 Å². The number of nitrogens with one attached hydrogen (secondary N) is 1. The molecule has 1 aromatic heterocycles. The van der Waals surface area contributed by atoms with Crippen LogP contribution in [-0.4, -0.2) is 57.2 Å². The maximum absolute atomic E-state index is 15.5. The minimum Gasteiger partial charge on any atom is -0.507 e. The number of rotatable bonds is 8. The van der Waals surface area contributed by atoms with E-state index in [9.17, 15) is 19.5 Å². The number of fused-ring (bicyclic) bond motifs is 4. The highest BCUT2D eigenvalue weighted by Gasteiger charge is 2.69. The van der Waals surface area contributed by atoms with Gasteiger partial charge >= 0.3 is 11.4 Å². The highest BCUT2D eigenvalue weighted by atomic mass is 35.5. The number of nitrogens with zero attached hydrogens (tertiary/aromatic N) is 4. The van der Waals surface area contributed by atoms with Crippen LogP contribution < -0.4 is 31.0 Å². The number of carbonyl (C=O) groups is 2. The van der Waals surface area contributed by atoms with Crippen LogP contribution >= 0.6 is 23.2 Å². The predicted molar refractivity (Wildman–Crippen MR) is 200 cm³/mol. The van der Waals surface area contributed by atoms with E-state index in [1.807, 2.05) is 0 Å². The van der Waals surface area contributed by atoms with Gasteiger partial charge in [-0.25, -0.2) is 23.5 Å². The Labute approximate surface area is 318 Å². The highest BCUT2D eigenvalue weighted by molar-refractivity contribution is 6.36. The molecule has 15 heteroatoms. The van der Waals surface area contributed by atoms with Crippen molar-refractivity contribution in [3.05, 3.63) is 139 Å². The molecule has 2 N–H and O–H groups in total. The van der Waals surface area contributed by atoms with Crippen LogP contribution in [0.4, 0.5) is 5.69 Å². The topological polar surface area (TPSA) is 146 Å². The minimum absolute atomic E-state index is 0.0384. The summed E-state index contributed by atoms with van der Waals surface area (Å²) in [6.07, 6.45) is 1.73. The zero-order valence-corrected chi connectivity index (χ0v) is 30.7. The molecular formula is C39H33Cl2N5O8. The van der Waals surface area contributed by atoms with Gasteiger partial charge in [0.05, 0.1) is 61.6 Å². The highest BCUT2D eigenvalue weighted by Crippen LogP contribution is 2.64. The predicted octanol–water partition coefficient (Wildman–Crippen LogP) is 5.46. The van der Waals surface area contributed by atoms with Gasteiger partial charge in [-0.3, -0.25) is 15.0 Å². The first kappa shape index (κ1) is 35.1. The summed E-state index contributed by atoms with van der Waals surface area (Å²) in [6.45, 7) is -0.0384. The van der Waals surface area contributed by atoms with Crippen molar-refractivity contribution >= 4 is 40.7 Å². The number of aromatic nitrogens is 3. The molecule has 4 aromatic carbocycles. The quantitative estimate of drug-likeness (QED) is 0.155. The lowest BCUT2D eigenvalue weighted by atomic mass is 9.53. The van der Waals surface area contributed by atoms with Crippen molar-refractivity contribution in [2.45, 2.75) is 30.3 Å². The molecule has 3 aliphatic rings. The van der Waals surface area contributed by atoms with E-state index < -0.39 is 46.5 Å². The molecule has 1 saturated heterocycles. The van der Waals surface area contributed by atoms with Gasteiger partial charge in [-0.2, -0.15) is 5.01 Å². The van der Waals surface area contributed by atoms with Gasteiger partial charge in [0.15, 0.2) is 0 Å². The van der Waals surface area contributed by atoms with Gasteiger partial charge in [0.2, 0.25) is 0 Å². The number of imide groups is 1. The fourth-order valence-corrected chi connectivity index (χ4v) is 8.83. The summed E-state index contributed by atoms with van der Waals surface area (Å²) >= 11 is 12.7. The second-order valence-electron chi connectivity index (χ2n) is 13.2. The molecule has 13 nitrogen and oxygen atoms in total. The lowest BCUT2D eigenvalue weighted by Gasteiger charge is -2.49. The summed E-state index contributed by atoms with van der Waals surface area (Å²) in [5.74, 6) is -2.85. The number of aromatic hydroxyl groups is 1. The van der Waals surface area contributed by atoms with Crippen LogP contribution in [0.1, 0.15) is 29.5 Å². The lowest BCUT2D eigenvalue weighted by Crippen LogP contribution is -2.53. The summed E-state index contributed by atoms with van der Waals surface area (Å²) in [6, 6.07) is 22.0. The van der Waals surface area contributed by atoms with E-state index >= 15 is 4.79 Å². The van der Waals surface area contributed by atoms with E-state index in [4.69, 9.17) is 37.4 Å². The molecule has 8 rings (SSSR count). The largest absolute Gasteiger partial charge is 0.507 e. The fourth-order valence-electron chi connectivity index (χ4n) is 8.38. The minimum atomic E-state index is -1.75. The molecule has 2 fully saturated rings. The molecule has 54 heavy (non-hydrogen) atoms. The van der Waals surface area contributed by atoms with Crippen LogP contribution in [0.3, 0.4) is 0 Å². The number of phenols is 1. The maximum atomic E-state index is 15.5. The first-order valence-corrected chi connectivity index (χ1v) is 17.7. The Morgan fingerprint density at radius 1 is 0.833 bits per heavy atom. The summed E-state index contributed by atoms with van der Waals surface area (Å²) < 4.78 is 20.6. The molecular weight excluding hydrogens is 737 g/mol. The number of benzene rings is 4. The van der Waals surface area contributed by atoms with Gasteiger partial charge in [-0.05, 0) is 60.0 Å². The summed E-state index contributed by atoms with van der Waals surface area (Å²) in [4.78, 5) is 58.8. The average Bonchev–Trinajstić information content (AvgIpc) is 3.56. The van der Waals surface area contributed by atoms with Crippen LogP contribution in [0, 0.1) is 5.92 Å². The molecule has 276 valence electrons. The van der Waals surface area contributed by atoms with E-state index in [0.717, 1.165) is 9.58 Å². The van der Waals surface area contributed by atoms with Crippen LogP contribution in [0.15, 0.2) is 106 Å². The first-order chi connectivity index (χ1) is 26.0. The number of para-hydroxylation sites is 1. The monoisotopic (exact) mass is 769 g/mol. The summed E-state index contributed by atoms with van der Waals surface area (Å²) in [7, 11) is 4.38. The van der Waals surface area contributed by atoms with Crippen LogP contribution in [0.25, 0.3) is 5.69 Å². The number of amides is 2. The Kier molecular flexibility index (Phi) is 8.58. The molecule has 1 saturated carbocycles. The molecule has 2 amide bonds. The molecule has 1 aliphatic carbocycles. The second kappa shape index (κ2) is 13.2. The number of anilines is 1. The third-order valence-electron chi connectivity index (χ3n) is 10.7. The number of methoxy groups -OCH3 is 3. The third kappa shape index (κ3) is 5.06. The van der Waals surface area contributed by atoms with Crippen molar-refractivity contribution in [3.63, 3.8) is 0 Å². The Hall–Kier alpha value is -5.92. The van der Waals surface area contributed by atoms with Crippen molar-refractivity contribution in [3.8, 4) is 28.7 Å². The standard InChI is InChI=1S/C39H33Cl2N5O8/c1-52-24-12-9-21(10-13-24)39-27(35(48)45(36(39)49)42-29-14-11-22(40)17-28(29)41)20-30-26(34(39)33-31(47)18-25(53-2)19-32(33)54-3)15-16-43-37(50)44(38(51)46(30)43)23-7-5-4-6-8-23/h4-15,17-19,27,30,34,42,47H,16,20H2,1-3H3/t27-,30+,34+,39+/m0/s1. The van der Waals surface area contributed by atoms with E-state index in [1.165, 1.54) is 42.8 Å². The zero-order chi connectivity index (χ0) is 38.1. The number of hydrazine groups is 1. The SMILES string of the molecule is COc1ccc([C@@]23C(=O)N(Nc4ccc(Cl)cc4Cl)C(=O)[C@@H]2C[C@@H]2C(=CCn4c(=O)n(-c5ccccc5)c(=O)n42)[C@@H]3c2c(O)cc(OC)cc2OC)cc1. The molecule has 0 radical (unpaired) electrons. The van der Waals surface area contributed by atoms with Gasteiger partial charge in [0.1, 0.15) is 23.0 Å². The Bertz CT molecular complexity index is 2490. The van der Waals surface area contributed by atoms with Gasteiger partial charge in [0.25, 0.3) is 11.8 Å². The Balaban J connectivity index is 1.42. The van der Waals surface area contributed by atoms with Crippen molar-refractivity contribution in [1.29, 1.82) is 0 Å². The number of hydrogen-bond acceptors (Lipinski definition) is 9. The Morgan fingerprint density at radius 3 is 2.22 bits per heavy atom. The molecule has 3 heterocycles. The number of halogens is 2. The first-order valence-electron chi connectivity index (χ1n) is 16.9. The van der Waals surface area contributed by atoms with Crippen LogP contribution in [0.5, 0.6) is 23.0 Å². The fraction of sp³-hybridized carbons (Fsp3) is 0.231. The van der Waals surface area contributed by atoms with Gasteiger partial charge in [-0.1, -0.05) is 59.6 Å². The lowest BCUT2D eigenvalue weighted by molar-refractivity contribution is -0.138. The molecule has 2 aliphatic heterocycles. The summed E-state index contributed by atoms with van der Waals surface area (Å²) in [5.41, 5.74) is 1.79. The van der Waals surface area contributed by atoms with Crippen molar-refractivity contribution in [2.75, 3.05) is 26.8 Å². The molecule has 0 spiro atoms. The molecule has 4 atom stereocenters. The van der Waals surface area contributed by atoms with Gasteiger partial charge in [-0.15, -0.1) is 0 Å². The van der Waals surface area contributed by atoms with Crippen LogP contribution in [-0.2, 0) is 21.5 Å². The number of ether oxygens (including phenoxy) is 3. The third-order valence-corrected chi connectivity index (χ3v) is 11.2. The number of allylic oxidation sites excluding steroid dienone is 2. The van der Waals surface area contributed by atoms with Crippen molar-refractivity contribution in [2.24, 2.45) is 5.92 Å². The van der Waals surface area contributed by atoms with Crippen molar-refractivity contribution in [1.82, 2.24) is 18.9 Å². The van der Waals surface area contributed by atoms with E-state index in [0.29, 0.717) is 27.6 Å². The second-order valence-corrected chi connectivity index (χ2v) is 14.0. The van der Waals surface area contributed by atoms with Crippen molar-refractivity contribution < 1.29 is 28.9 Å². The summed E-state index contributed by atoms with van der Waals surface area (Å²) in [5, 5.41) is 13.4. The number of hydrogen-bond donors (Lipinski definition) is 2. The van der Waals surface area contributed by atoms with Gasteiger partial charge in [0, 0.05) is 28.6 Å². The normalized spacial score (nSPS) is 21.5. The number of phenolic OH excluding ortho intramolecular Hbond substituents is 1. The molecule has 0 bridgehead atoms. The molecule has 5 aromatic rings. The Morgan fingerprint density at radius 2 is 1.56 bits per heavy atom.